The van der Waals surface area contributed by atoms with Gasteiger partial charge in [-0.15, -0.1) is 0 Å². The molecule has 0 unspecified atom stereocenters. The molecule has 0 amide bonds. The van der Waals surface area contributed by atoms with Crippen LogP contribution < -0.4 is 0 Å². The first kappa shape index (κ1) is 11.4. The monoisotopic (exact) mass is 230 g/mol. The zero-order valence-electron chi connectivity index (χ0n) is 9.79. The molecule has 17 heavy (non-hydrogen) atoms. The molecule has 0 aliphatic rings. The Morgan fingerprint density at radius 2 is 2.18 bits per heavy atom. The highest BCUT2D eigenvalue weighted by Crippen LogP contribution is 2.23. The molecule has 0 aliphatic heterocycles. The topological polar surface area (TPSA) is 55.1 Å². The summed E-state index contributed by atoms with van der Waals surface area (Å²) in [5.41, 5.74) is 2.10. The van der Waals surface area contributed by atoms with Crippen molar-refractivity contribution in [1.82, 2.24) is 9.55 Å². The molecule has 0 saturated heterocycles. The predicted octanol–water partition coefficient (Wildman–Crippen LogP) is 2.83. The molecule has 1 N–H and O–H groups in total. The number of hydrogen-bond donors (Lipinski definition) is 1. The Bertz CT molecular complexity index is 544. The van der Waals surface area contributed by atoms with E-state index in [9.17, 15) is 4.79 Å². The number of imidazole rings is 1. The number of carbonyl (C=O) groups is 1. The van der Waals surface area contributed by atoms with Crippen LogP contribution in [-0.2, 0) is 0 Å². The summed E-state index contributed by atoms with van der Waals surface area (Å²) in [6.45, 7) is 4.12. The number of hydrogen-bond acceptors (Lipinski definition) is 2. The summed E-state index contributed by atoms with van der Waals surface area (Å²) in [6, 6.07) is 7.18. The largest absolute Gasteiger partial charge is 0.478 e. The second kappa shape index (κ2) is 4.41. The van der Waals surface area contributed by atoms with E-state index in [0.717, 1.165) is 11.3 Å². The smallest absolute Gasteiger partial charge is 0.335 e. The molecule has 2 aromatic rings. The number of carboxylic acid groups (broad SMARTS) is 1. The molecule has 1 aromatic heterocycles. The van der Waals surface area contributed by atoms with E-state index in [1.807, 2.05) is 10.6 Å². The molecule has 0 aliphatic carbocycles. The second-order valence-electron chi connectivity index (χ2n) is 4.17. The molecular formula is C13H14N2O2. The van der Waals surface area contributed by atoms with Crippen molar-refractivity contribution in [2.75, 3.05) is 0 Å². The van der Waals surface area contributed by atoms with Crippen molar-refractivity contribution in [2.45, 2.75) is 19.9 Å². The number of rotatable bonds is 3. The maximum Gasteiger partial charge on any atom is 0.335 e. The number of aromatic nitrogens is 2. The Balaban J connectivity index is 2.49. The number of carboxylic acids is 1. The summed E-state index contributed by atoms with van der Waals surface area (Å²) in [5, 5.41) is 8.96. The first-order chi connectivity index (χ1) is 8.09. The zero-order valence-corrected chi connectivity index (χ0v) is 9.79. The summed E-state index contributed by atoms with van der Waals surface area (Å²) in [4.78, 5) is 15.0. The van der Waals surface area contributed by atoms with Gasteiger partial charge in [-0.2, -0.15) is 0 Å². The molecule has 4 heteroatoms. The van der Waals surface area contributed by atoms with Gasteiger partial charge in [-0.05, 0) is 26.0 Å². The van der Waals surface area contributed by atoms with Gasteiger partial charge >= 0.3 is 5.97 Å². The Labute approximate surface area is 99.5 Å². The lowest BCUT2D eigenvalue weighted by atomic mass is 10.1. The fourth-order valence-corrected chi connectivity index (χ4v) is 1.75. The minimum Gasteiger partial charge on any atom is -0.478 e. The van der Waals surface area contributed by atoms with Crippen LogP contribution in [-0.4, -0.2) is 20.6 Å². The molecule has 0 saturated carbocycles. The van der Waals surface area contributed by atoms with Crippen LogP contribution in [0.2, 0.25) is 0 Å². The average molecular weight is 230 g/mol. The summed E-state index contributed by atoms with van der Waals surface area (Å²) in [6.07, 6.45) is 3.51. The van der Waals surface area contributed by atoms with Crippen molar-refractivity contribution in [2.24, 2.45) is 0 Å². The van der Waals surface area contributed by atoms with E-state index in [2.05, 4.69) is 18.8 Å². The normalized spacial score (nSPS) is 10.8. The Hall–Kier alpha value is -2.10. The maximum absolute atomic E-state index is 10.9. The maximum atomic E-state index is 10.9. The molecule has 0 radical (unpaired) electrons. The van der Waals surface area contributed by atoms with Gasteiger partial charge in [0.05, 0.1) is 23.8 Å². The minimum atomic E-state index is -0.914. The van der Waals surface area contributed by atoms with Crippen molar-refractivity contribution < 1.29 is 9.90 Å². The van der Waals surface area contributed by atoms with E-state index in [4.69, 9.17) is 5.11 Å². The average Bonchev–Trinajstić information content (AvgIpc) is 2.78. The standard InChI is InChI=1S/C13H14N2O2/c1-9(2)15-8-14-7-12(15)10-4-3-5-11(6-10)13(16)17/h3-9H,1-2H3,(H,16,17). The summed E-state index contributed by atoms with van der Waals surface area (Å²) in [7, 11) is 0. The van der Waals surface area contributed by atoms with Gasteiger partial charge < -0.3 is 9.67 Å². The van der Waals surface area contributed by atoms with E-state index in [-0.39, 0.29) is 0 Å². The first-order valence-corrected chi connectivity index (χ1v) is 5.45. The SMILES string of the molecule is CC(C)n1cncc1-c1cccc(C(=O)O)c1. The van der Waals surface area contributed by atoms with Gasteiger partial charge in [0.2, 0.25) is 0 Å². The molecular weight excluding hydrogens is 216 g/mol. The first-order valence-electron chi connectivity index (χ1n) is 5.45. The van der Waals surface area contributed by atoms with Gasteiger partial charge in [-0.3, -0.25) is 0 Å². The molecule has 88 valence electrons. The van der Waals surface area contributed by atoms with Crippen LogP contribution in [0.3, 0.4) is 0 Å². The lowest BCUT2D eigenvalue weighted by molar-refractivity contribution is 0.0697. The van der Waals surface area contributed by atoms with E-state index in [1.54, 1.807) is 30.7 Å². The highest BCUT2D eigenvalue weighted by molar-refractivity contribution is 5.89. The van der Waals surface area contributed by atoms with Crippen molar-refractivity contribution in [3.8, 4) is 11.3 Å². The lowest BCUT2D eigenvalue weighted by Crippen LogP contribution is -2.02. The Morgan fingerprint density at radius 3 is 2.82 bits per heavy atom. The summed E-state index contributed by atoms with van der Waals surface area (Å²) in [5.74, 6) is -0.914. The van der Waals surface area contributed by atoms with Gasteiger partial charge in [0.25, 0.3) is 0 Å². The molecule has 4 nitrogen and oxygen atoms in total. The zero-order chi connectivity index (χ0) is 12.4. The van der Waals surface area contributed by atoms with Crippen molar-refractivity contribution in [3.63, 3.8) is 0 Å². The highest BCUT2D eigenvalue weighted by atomic mass is 16.4. The molecule has 2 rings (SSSR count). The molecule has 1 heterocycles. The van der Waals surface area contributed by atoms with E-state index in [0.29, 0.717) is 11.6 Å². The Morgan fingerprint density at radius 1 is 1.41 bits per heavy atom. The van der Waals surface area contributed by atoms with Crippen molar-refractivity contribution >= 4 is 5.97 Å². The highest BCUT2D eigenvalue weighted by Gasteiger charge is 2.10. The third kappa shape index (κ3) is 2.20. The Kier molecular flexibility index (Phi) is 2.95. The van der Waals surface area contributed by atoms with Crippen LogP contribution in [0.1, 0.15) is 30.2 Å². The van der Waals surface area contributed by atoms with Gasteiger partial charge in [0.1, 0.15) is 0 Å². The fraction of sp³-hybridized carbons (Fsp3) is 0.231. The number of nitrogens with zero attached hydrogens (tertiary/aromatic N) is 2. The molecule has 0 spiro atoms. The predicted molar refractivity (Wildman–Crippen MR) is 65.0 cm³/mol. The van der Waals surface area contributed by atoms with Crippen LogP contribution in [0, 0.1) is 0 Å². The van der Waals surface area contributed by atoms with E-state index >= 15 is 0 Å². The third-order valence-corrected chi connectivity index (χ3v) is 2.63. The molecule has 0 bridgehead atoms. The van der Waals surface area contributed by atoms with Crippen molar-refractivity contribution in [3.05, 3.63) is 42.4 Å². The molecule has 1 aromatic carbocycles. The summed E-state index contributed by atoms with van der Waals surface area (Å²) < 4.78 is 2.01. The minimum absolute atomic E-state index is 0.291. The number of aromatic carboxylic acids is 1. The quantitative estimate of drug-likeness (QED) is 0.882. The molecule has 0 atom stereocenters. The van der Waals surface area contributed by atoms with Crippen LogP contribution in [0.5, 0.6) is 0 Å². The van der Waals surface area contributed by atoms with Crippen LogP contribution in [0.25, 0.3) is 11.3 Å². The molecule has 0 fully saturated rings. The van der Waals surface area contributed by atoms with Gasteiger partial charge in [0, 0.05) is 11.6 Å². The summed E-state index contributed by atoms with van der Waals surface area (Å²) >= 11 is 0. The second-order valence-corrected chi connectivity index (χ2v) is 4.17. The van der Waals surface area contributed by atoms with Crippen LogP contribution >= 0.6 is 0 Å². The van der Waals surface area contributed by atoms with Crippen molar-refractivity contribution in [1.29, 1.82) is 0 Å². The fourth-order valence-electron chi connectivity index (χ4n) is 1.75. The number of benzene rings is 1. The van der Waals surface area contributed by atoms with Gasteiger partial charge in [-0.25, -0.2) is 9.78 Å². The van der Waals surface area contributed by atoms with Gasteiger partial charge in [0.15, 0.2) is 0 Å². The van der Waals surface area contributed by atoms with Crippen LogP contribution in [0.15, 0.2) is 36.8 Å². The van der Waals surface area contributed by atoms with E-state index < -0.39 is 5.97 Å². The van der Waals surface area contributed by atoms with Crippen LogP contribution in [0.4, 0.5) is 0 Å². The van der Waals surface area contributed by atoms with E-state index in [1.165, 1.54) is 0 Å². The lowest BCUT2D eigenvalue weighted by Gasteiger charge is -2.11. The van der Waals surface area contributed by atoms with Gasteiger partial charge in [-0.1, -0.05) is 12.1 Å². The third-order valence-electron chi connectivity index (χ3n) is 2.63.